The lowest BCUT2D eigenvalue weighted by Gasteiger charge is -2.50. The summed E-state index contributed by atoms with van der Waals surface area (Å²) in [5.74, 6) is 3.86. The summed E-state index contributed by atoms with van der Waals surface area (Å²) in [6, 6.07) is 0. The molecule has 0 aliphatic heterocycles. The van der Waals surface area contributed by atoms with Crippen LogP contribution in [0.3, 0.4) is 0 Å². The van der Waals surface area contributed by atoms with Crippen LogP contribution in [0.5, 0.6) is 0 Å². The third-order valence-electron chi connectivity index (χ3n) is 7.25. The average molecular weight is 298 g/mol. The van der Waals surface area contributed by atoms with Gasteiger partial charge in [0.1, 0.15) is 5.60 Å². The van der Waals surface area contributed by atoms with E-state index in [0.717, 1.165) is 51.4 Å². The molecule has 2 heteroatoms. The molecule has 0 aromatic carbocycles. The molecule has 2 saturated carbocycles. The van der Waals surface area contributed by atoms with Gasteiger partial charge in [-0.25, -0.2) is 0 Å². The highest BCUT2D eigenvalue weighted by atomic mass is 16.3. The fourth-order valence-corrected chi connectivity index (χ4v) is 5.90. The van der Waals surface area contributed by atoms with Crippen LogP contribution < -0.4 is 0 Å². The maximum Gasteiger partial charge on any atom is 0.130 e. The van der Waals surface area contributed by atoms with Gasteiger partial charge in [-0.05, 0) is 74.3 Å². The summed E-state index contributed by atoms with van der Waals surface area (Å²) < 4.78 is 0. The SMILES string of the molecule is C#C[C@]1(O)CC[C@H]2[C@@H]3CCC4=C[C@@H](O)CCC4=C3CC[C@@]21C. The molecule has 0 radical (unpaired) electrons. The van der Waals surface area contributed by atoms with Crippen LogP contribution in [0.2, 0.25) is 0 Å². The summed E-state index contributed by atoms with van der Waals surface area (Å²) >= 11 is 0. The van der Waals surface area contributed by atoms with Gasteiger partial charge in [-0.2, -0.15) is 0 Å². The van der Waals surface area contributed by atoms with E-state index in [4.69, 9.17) is 6.42 Å². The molecular weight excluding hydrogens is 272 g/mol. The van der Waals surface area contributed by atoms with Crippen molar-refractivity contribution < 1.29 is 10.2 Å². The first-order chi connectivity index (χ1) is 10.5. The number of hydrogen-bond acceptors (Lipinski definition) is 2. The first-order valence-corrected chi connectivity index (χ1v) is 8.80. The van der Waals surface area contributed by atoms with Gasteiger partial charge in [0.2, 0.25) is 0 Å². The highest BCUT2D eigenvalue weighted by Gasteiger charge is 2.60. The summed E-state index contributed by atoms with van der Waals surface area (Å²) in [6.45, 7) is 2.22. The Morgan fingerprint density at radius 1 is 1.18 bits per heavy atom. The van der Waals surface area contributed by atoms with Crippen LogP contribution in [0.25, 0.3) is 0 Å². The molecule has 2 nitrogen and oxygen atoms in total. The average Bonchev–Trinajstić information content (AvgIpc) is 2.79. The maximum absolute atomic E-state index is 10.9. The molecule has 0 saturated heterocycles. The van der Waals surface area contributed by atoms with Crippen LogP contribution in [-0.4, -0.2) is 21.9 Å². The van der Waals surface area contributed by atoms with Crippen molar-refractivity contribution in [1.82, 2.24) is 0 Å². The van der Waals surface area contributed by atoms with Gasteiger partial charge < -0.3 is 10.2 Å². The first kappa shape index (κ1) is 14.5. The van der Waals surface area contributed by atoms with E-state index in [1.165, 1.54) is 5.57 Å². The molecule has 4 rings (SSSR count). The van der Waals surface area contributed by atoms with Crippen LogP contribution in [0.15, 0.2) is 22.8 Å². The lowest BCUT2D eigenvalue weighted by Crippen LogP contribution is -2.49. The summed E-state index contributed by atoms with van der Waals surface area (Å²) in [7, 11) is 0. The molecule has 0 aromatic rings. The molecule has 0 heterocycles. The molecule has 0 bridgehead atoms. The molecular formula is C20H26O2. The smallest absolute Gasteiger partial charge is 0.130 e. The highest BCUT2D eigenvalue weighted by Crippen LogP contribution is 2.63. The number of allylic oxidation sites excluding steroid dienone is 3. The van der Waals surface area contributed by atoms with Gasteiger partial charge in [0.05, 0.1) is 6.10 Å². The van der Waals surface area contributed by atoms with Crippen LogP contribution in [0, 0.1) is 29.6 Å². The molecule has 0 aromatic heterocycles. The second-order valence-electron chi connectivity index (χ2n) is 8.01. The maximum atomic E-state index is 10.9. The molecule has 2 N–H and O–H groups in total. The summed E-state index contributed by atoms with van der Waals surface area (Å²) in [6.07, 6.45) is 15.6. The topological polar surface area (TPSA) is 40.5 Å². The second kappa shape index (κ2) is 4.73. The van der Waals surface area contributed by atoms with E-state index in [-0.39, 0.29) is 11.5 Å². The van der Waals surface area contributed by atoms with Crippen molar-refractivity contribution in [2.45, 2.75) is 70.0 Å². The Kier molecular flexibility index (Phi) is 3.13. The minimum absolute atomic E-state index is 0.119. The Bertz CT molecular complexity index is 608. The quantitative estimate of drug-likeness (QED) is 0.673. The van der Waals surface area contributed by atoms with Gasteiger partial charge in [0.15, 0.2) is 0 Å². The molecule has 5 atom stereocenters. The Morgan fingerprint density at radius 3 is 2.77 bits per heavy atom. The Balaban J connectivity index is 1.74. The van der Waals surface area contributed by atoms with Crippen LogP contribution in [-0.2, 0) is 0 Å². The van der Waals surface area contributed by atoms with Gasteiger partial charge in [-0.15, -0.1) is 6.42 Å². The van der Waals surface area contributed by atoms with E-state index >= 15 is 0 Å². The molecule has 0 unspecified atom stereocenters. The number of fused-ring (bicyclic) bond motifs is 4. The van der Waals surface area contributed by atoms with Crippen LogP contribution >= 0.6 is 0 Å². The number of rotatable bonds is 0. The molecule has 0 spiro atoms. The number of aliphatic hydroxyl groups excluding tert-OH is 1. The zero-order chi connectivity index (χ0) is 15.5. The third kappa shape index (κ3) is 1.76. The normalized spacial score (nSPS) is 47.2. The zero-order valence-electron chi connectivity index (χ0n) is 13.4. The van der Waals surface area contributed by atoms with Crippen molar-refractivity contribution in [1.29, 1.82) is 0 Å². The van der Waals surface area contributed by atoms with Crippen molar-refractivity contribution in [3.05, 3.63) is 22.8 Å². The number of hydrogen-bond donors (Lipinski definition) is 2. The largest absolute Gasteiger partial charge is 0.389 e. The van der Waals surface area contributed by atoms with Crippen molar-refractivity contribution in [3.8, 4) is 12.3 Å². The standard InChI is InChI=1S/C20H26O2/c1-3-20(22)11-9-18-17-6-4-13-12-14(21)5-7-15(13)16(17)8-10-19(18,20)2/h1,12,14,17-18,21-22H,4-11H2,2H3/t14-,17+,18-,19-,20-/m0/s1. The molecule has 118 valence electrons. The zero-order valence-corrected chi connectivity index (χ0v) is 13.4. The van der Waals surface area contributed by atoms with Crippen LogP contribution in [0.4, 0.5) is 0 Å². The van der Waals surface area contributed by atoms with Crippen molar-refractivity contribution in [3.63, 3.8) is 0 Å². The van der Waals surface area contributed by atoms with E-state index in [9.17, 15) is 10.2 Å². The third-order valence-corrected chi connectivity index (χ3v) is 7.25. The predicted molar refractivity (Wildman–Crippen MR) is 86.9 cm³/mol. The number of aliphatic hydroxyl groups is 2. The van der Waals surface area contributed by atoms with E-state index < -0.39 is 5.60 Å². The van der Waals surface area contributed by atoms with Gasteiger partial charge in [-0.3, -0.25) is 0 Å². The summed E-state index contributed by atoms with van der Waals surface area (Å²) in [5.41, 5.74) is 3.55. The molecule has 22 heavy (non-hydrogen) atoms. The molecule has 2 fully saturated rings. The predicted octanol–water partition coefficient (Wildman–Crippen LogP) is 3.35. The molecule has 0 amide bonds. The van der Waals surface area contributed by atoms with E-state index in [1.807, 2.05) is 0 Å². The minimum Gasteiger partial charge on any atom is -0.389 e. The van der Waals surface area contributed by atoms with Crippen molar-refractivity contribution >= 4 is 0 Å². The Hall–Kier alpha value is -1.04. The number of terminal acetylenes is 1. The fraction of sp³-hybridized carbons (Fsp3) is 0.700. The van der Waals surface area contributed by atoms with Crippen molar-refractivity contribution in [2.24, 2.45) is 17.3 Å². The highest BCUT2D eigenvalue weighted by molar-refractivity contribution is 5.44. The second-order valence-corrected chi connectivity index (χ2v) is 8.01. The molecule has 4 aliphatic rings. The van der Waals surface area contributed by atoms with Gasteiger partial charge >= 0.3 is 0 Å². The summed E-state index contributed by atoms with van der Waals surface area (Å²) in [5, 5.41) is 20.8. The minimum atomic E-state index is -0.910. The molecule has 4 aliphatic carbocycles. The van der Waals surface area contributed by atoms with Crippen molar-refractivity contribution in [2.75, 3.05) is 0 Å². The lowest BCUT2D eigenvalue weighted by atomic mass is 9.55. The van der Waals surface area contributed by atoms with Gasteiger partial charge in [-0.1, -0.05) is 24.5 Å². The van der Waals surface area contributed by atoms with E-state index in [2.05, 4.69) is 18.9 Å². The van der Waals surface area contributed by atoms with E-state index in [1.54, 1.807) is 11.1 Å². The fourth-order valence-electron chi connectivity index (χ4n) is 5.90. The van der Waals surface area contributed by atoms with Gasteiger partial charge in [0, 0.05) is 5.41 Å². The van der Waals surface area contributed by atoms with Crippen LogP contribution in [0.1, 0.15) is 58.3 Å². The van der Waals surface area contributed by atoms with Gasteiger partial charge in [0.25, 0.3) is 0 Å². The monoisotopic (exact) mass is 298 g/mol. The summed E-state index contributed by atoms with van der Waals surface area (Å²) in [4.78, 5) is 0. The Labute approximate surface area is 133 Å². The lowest BCUT2D eigenvalue weighted by molar-refractivity contribution is -0.0466. The van der Waals surface area contributed by atoms with E-state index in [0.29, 0.717) is 11.8 Å². The Morgan fingerprint density at radius 2 is 2.00 bits per heavy atom. The first-order valence-electron chi connectivity index (χ1n) is 8.80.